The van der Waals surface area contributed by atoms with Crippen LogP contribution in [0, 0.1) is 0 Å². The van der Waals surface area contributed by atoms with Gasteiger partial charge < -0.3 is 15.5 Å². The van der Waals surface area contributed by atoms with Gasteiger partial charge in [-0.2, -0.15) is 4.98 Å². The molecule has 4 rings (SSSR count). The van der Waals surface area contributed by atoms with Gasteiger partial charge in [-0.05, 0) is 50.8 Å². The second-order valence-electron chi connectivity index (χ2n) is 7.62. The van der Waals surface area contributed by atoms with Gasteiger partial charge in [-0.15, -0.1) is 0 Å². The van der Waals surface area contributed by atoms with Crippen LogP contribution in [-0.4, -0.2) is 51.0 Å². The van der Waals surface area contributed by atoms with Crippen molar-refractivity contribution < 1.29 is 4.79 Å². The SMILES string of the molecule is C[C@H](Nc1nccc(-n2cnc3cc(NC(=O)CN(C)C)ccc32)n1)c1ccccc1. The third kappa shape index (κ3) is 4.87. The number of aromatic nitrogens is 4. The highest BCUT2D eigenvalue weighted by Gasteiger charge is 2.11. The Bertz CT molecular complexity index is 1190. The number of hydrogen-bond acceptors (Lipinski definition) is 6. The molecule has 4 aromatic rings. The molecule has 2 aromatic heterocycles. The van der Waals surface area contributed by atoms with E-state index < -0.39 is 0 Å². The Balaban J connectivity index is 1.55. The van der Waals surface area contributed by atoms with E-state index in [1.165, 1.54) is 0 Å². The molecule has 8 heteroatoms. The van der Waals surface area contributed by atoms with Crippen LogP contribution in [-0.2, 0) is 4.79 Å². The van der Waals surface area contributed by atoms with E-state index in [9.17, 15) is 4.79 Å². The maximum absolute atomic E-state index is 12.0. The zero-order valence-corrected chi connectivity index (χ0v) is 17.8. The molecule has 2 N–H and O–H groups in total. The topological polar surface area (TPSA) is 88.0 Å². The first-order valence-electron chi connectivity index (χ1n) is 10.1. The van der Waals surface area contributed by atoms with Crippen LogP contribution in [0.25, 0.3) is 16.9 Å². The predicted molar refractivity (Wildman–Crippen MR) is 122 cm³/mol. The Morgan fingerprint density at radius 3 is 2.68 bits per heavy atom. The molecule has 0 aliphatic heterocycles. The van der Waals surface area contributed by atoms with Crippen LogP contribution in [0.3, 0.4) is 0 Å². The molecule has 1 atom stereocenters. The maximum atomic E-state index is 12.0. The zero-order valence-electron chi connectivity index (χ0n) is 17.8. The first kappa shape index (κ1) is 20.5. The van der Waals surface area contributed by atoms with Crippen LogP contribution < -0.4 is 10.6 Å². The number of amides is 1. The fraction of sp³-hybridized carbons (Fsp3) is 0.217. The van der Waals surface area contributed by atoms with Crippen molar-refractivity contribution >= 4 is 28.6 Å². The number of rotatable bonds is 7. The van der Waals surface area contributed by atoms with Gasteiger partial charge in [0.2, 0.25) is 11.9 Å². The van der Waals surface area contributed by atoms with E-state index in [1.54, 1.807) is 12.5 Å². The number of fused-ring (bicyclic) bond motifs is 1. The lowest BCUT2D eigenvalue weighted by Crippen LogP contribution is -2.27. The van der Waals surface area contributed by atoms with Crippen molar-refractivity contribution in [1.82, 2.24) is 24.4 Å². The Morgan fingerprint density at radius 1 is 1.10 bits per heavy atom. The van der Waals surface area contributed by atoms with E-state index in [1.807, 2.05) is 66.0 Å². The number of hydrogen-bond donors (Lipinski definition) is 2. The Kier molecular flexibility index (Phi) is 5.90. The molecule has 1 amide bonds. The number of benzene rings is 2. The number of imidazole rings is 1. The molecular formula is C23H25N7O. The van der Waals surface area contributed by atoms with E-state index in [-0.39, 0.29) is 11.9 Å². The standard InChI is InChI=1S/C23H25N7O/c1-16(17-7-5-4-6-8-17)26-23-24-12-11-21(28-23)30-15-25-19-13-18(9-10-20(19)30)27-22(31)14-29(2)3/h4-13,15-16H,14H2,1-3H3,(H,27,31)(H,24,26,28)/t16-/m0/s1. The minimum absolute atomic E-state index is 0.0668. The summed E-state index contributed by atoms with van der Waals surface area (Å²) in [7, 11) is 3.71. The van der Waals surface area contributed by atoms with Gasteiger partial charge in [0.05, 0.1) is 23.6 Å². The number of likely N-dealkylation sites (N-methyl/N-ethyl adjacent to an activating group) is 1. The van der Waals surface area contributed by atoms with Crippen molar-refractivity contribution in [2.45, 2.75) is 13.0 Å². The van der Waals surface area contributed by atoms with Crippen molar-refractivity contribution in [2.24, 2.45) is 0 Å². The third-order valence-corrected chi connectivity index (χ3v) is 4.82. The highest BCUT2D eigenvalue weighted by atomic mass is 16.2. The number of carbonyl (C=O) groups excluding carboxylic acids is 1. The molecule has 0 aliphatic rings. The highest BCUT2D eigenvalue weighted by molar-refractivity contribution is 5.94. The van der Waals surface area contributed by atoms with Crippen LogP contribution in [0.2, 0.25) is 0 Å². The summed E-state index contributed by atoms with van der Waals surface area (Å²) in [6.07, 6.45) is 3.45. The first-order valence-corrected chi connectivity index (χ1v) is 10.1. The van der Waals surface area contributed by atoms with E-state index in [0.29, 0.717) is 24.0 Å². The van der Waals surface area contributed by atoms with Gasteiger partial charge >= 0.3 is 0 Å². The second kappa shape index (κ2) is 8.93. The second-order valence-corrected chi connectivity index (χ2v) is 7.62. The van der Waals surface area contributed by atoms with Crippen molar-refractivity contribution in [3.63, 3.8) is 0 Å². The van der Waals surface area contributed by atoms with Gasteiger partial charge in [0.25, 0.3) is 0 Å². The van der Waals surface area contributed by atoms with Crippen LogP contribution in [0.15, 0.2) is 67.1 Å². The van der Waals surface area contributed by atoms with Gasteiger partial charge in [0, 0.05) is 11.9 Å². The molecule has 0 saturated carbocycles. The highest BCUT2D eigenvalue weighted by Crippen LogP contribution is 2.22. The van der Waals surface area contributed by atoms with E-state index in [0.717, 1.165) is 16.6 Å². The fourth-order valence-electron chi connectivity index (χ4n) is 3.33. The molecular weight excluding hydrogens is 390 g/mol. The van der Waals surface area contributed by atoms with Gasteiger partial charge in [0.15, 0.2) is 0 Å². The molecule has 0 bridgehead atoms. The molecule has 2 heterocycles. The van der Waals surface area contributed by atoms with Crippen molar-refractivity contribution in [2.75, 3.05) is 31.3 Å². The Morgan fingerprint density at radius 2 is 1.90 bits per heavy atom. The number of nitrogens with one attached hydrogen (secondary N) is 2. The molecule has 2 aromatic carbocycles. The zero-order chi connectivity index (χ0) is 21.8. The third-order valence-electron chi connectivity index (χ3n) is 4.82. The number of nitrogens with zero attached hydrogens (tertiary/aromatic N) is 5. The summed E-state index contributed by atoms with van der Waals surface area (Å²) in [4.78, 5) is 27.3. The van der Waals surface area contributed by atoms with E-state index >= 15 is 0 Å². The molecule has 0 saturated heterocycles. The molecule has 0 radical (unpaired) electrons. The molecule has 0 unspecified atom stereocenters. The fourth-order valence-corrected chi connectivity index (χ4v) is 3.33. The van der Waals surface area contributed by atoms with Crippen molar-refractivity contribution in [1.29, 1.82) is 0 Å². The van der Waals surface area contributed by atoms with Crippen LogP contribution in [0.5, 0.6) is 0 Å². The summed E-state index contributed by atoms with van der Waals surface area (Å²) in [5.41, 5.74) is 3.54. The van der Waals surface area contributed by atoms with Crippen molar-refractivity contribution in [3.8, 4) is 5.82 Å². The Hall–Kier alpha value is -3.78. The summed E-state index contributed by atoms with van der Waals surface area (Å²) < 4.78 is 1.90. The summed E-state index contributed by atoms with van der Waals surface area (Å²) in [6.45, 7) is 2.40. The van der Waals surface area contributed by atoms with Crippen LogP contribution in [0.4, 0.5) is 11.6 Å². The lowest BCUT2D eigenvalue weighted by molar-refractivity contribution is -0.116. The number of anilines is 2. The maximum Gasteiger partial charge on any atom is 0.238 e. The first-order chi connectivity index (χ1) is 15.0. The lowest BCUT2D eigenvalue weighted by atomic mass is 10.1. The molecule has 8 nitrogen and oxygen atoms in total. The molecule has 0 aliphatic carbocycles. The normalized spacial score (nSPS) is 12.1. The average molecular weight is 416 g/mol. The van der Waals surface area contributed by atoms with E-state index in [2.05, 4.69) is 44.6 Å². The minimum atomic E-state index is -0.0668. The van der Waals surface area contributed by atoms with Crippen molar-refractivity contribution in [3.05, 3.63) is 72.7 Å². The monoisotopic (exact) mass is 415 g/mol. The van der Waals surface area contributed by atoms with Gasteiger partial charge in [-0.3, -0.25) is 9.36 Å². The van der Waals surface area contributed by atoms with Crippen LogP contribution >= 0.6 is 0 Å². The Labute approximate surface area is 181 Å². The largest absolute Gasteiger partial charge is 0.348 e. The quantitative estimate of drug-likeness (QED) is 0.480. The summed E-state index contributed by atoms with van der Waals surface area (Å²) in [5, 5.41) is 6.24. The summed E-state index contributed by atoms with van der Waals surface area (Å²) in [5.74, 6) is 1.19. The average Bonchev–Trinajstić information content (AvgIpc) is 3.17. The van der Waals surface area contributed by atoms with E-state index in [4.69, 9.17) is 0 Å². The lowest BCUT2D eigenvalue weighted by Gasteiger charge is -2.14. The van der Waals surface area contributed by atoms with Gasteiger partial charge in [-0.25, -0.2) is 9.97 Å². The molecule has 0 spiro atoms. The molecule has 31 heavy (non-hydrogen) atoms. The van der Waals surface area contributed by atoms with Crippen LogP contribution in [0.1, 0.15) is 18.5 Å². The molecule has 158 valence electrons. The minimum Gasteiger partial charge on any atom is -0.348 e. The smallest absolute Gasteiger partial charge is 0.238 e. The predicted octanol–water partition coefficient (Wildman–Crippen LogP) is 3.49. The van der Waals surface area contributed by atoms with Gasteiger partial charge in [0.1, 0.15) is 12.1 Å². The number of carbonyl (C=O) groups is 1. The molecule has 0 fully saturated rings. The van der Waals surface area contributed by atoms with Gasteiger partial charge in [-0.1, -0.05) is 30.3 Å². The summed E-state index contributed by atoms with van der Waals surface area (Å²) >= 11 is 0. The summed E-state index contributed by atoms with van der Waals surface area (Å²) in [6, 6.07) is 17.7.